The van der Waals surface area contributed by atoms with Gasteiger partial charge in [0.1, 0.15) is 4.88 Å². The predicted molar refractivity (Wildman–Crippen MR) is 67.9 cm³/mol. The van der Waals surface area contributed by atoms with Crippen LogP contribution in [0.1, 0.15) is 22.2 Å². The third-order valence-electron chi connectivity index (χ3n) is 2.29. The summed E-state index contributed by atoms with van der Waals surface area (Å²) in [5.41, 5.74) is 1.14. The van der Waals surface area contributed by atoms with Gasteiger partial charge in [0.2, 0.25) is 0 Å². The minimum absolute atomic E-state index is 0.270. The number of benzene rings is 1. The summed E-state index contributed by atoms with van der Waals surface area (Å²) in [7, 11) is 1.40. The first-order valence-electron chi connectivity index (χ1n) is 4.99. The van der Waals surface area contributed by atoms with Gasteiger partial charge in [0.25, 0.3) is 0 Å². The highest BCUT2D eigenvalue weighted by Gasteiger charge is 2.09. The zero-order valence-corrected chi connectivity index (χ0v) is 10.0. The Bertz CT molecular complexity index is 552. The first kappa shape index (κ1) is 10.9. The number of esters is 1. The maximum atomic E-state index is 11.4. The molecule has 0 bridgehead atoms. The Morgan fingerprint density at radius 2 is 2.19 bits per heavy atom. The van der Waals surface area contributed by atoms with Crippen molar-refractivity contribution in [3.05, 3.63) is 40.8 Å². The van der Waals surface area contributed by atoms with E-state index in [9.17, 15) is 4.79 Å². The molecule has 0 N–H and O–H groups in total. The highest BCUT2D eigenvalue weighted by molar-refractivity contribution is 7.20. The summed E-state index contributed by atoms with van der Waals surface area (Å²) in [6.07, 6.45) is 4.03. The molecule has 16 heavy (non-hydrogen) atoms. The molecule has 1 aromatic heterocycles. The average Bonchev–Trinajstić information content (AvgIpc) is 2.71. The second-order valence-electron chi connectivity index (χ2n) is 3.40. The summed E-state index contributed by atoms with van der Waals surface area (Å²) in [4.78, 5) is 12.0. The first-order chi connectivity index (χ1) is 7.74. The van der Waals surface area contributed by atoms with Crippen molar-refractivity contribution >= 4 is 33.5 Å². The van der Waals surface area contributed by atoms with Crippen LogP contribution in [0.3, 0.4) is 0 Å². The second kappa shape index (κ2) is 4.49. The number of allylic oxidation sites excluding steroid dienone is 1. The third-order valence-corrected chi connectivity index (χ3v) is 3.38. The lowest BCUT2D eigenvalue weighted by molar-refractivity contribution is 0.0606. The van der Waals surface area contributed by atoms with Crippen molar-refractivity contribution < 1.29 is 9.53 Å². The van der Waals surface area contributed by atoms with Crippen LogP contribution in [0.5, 0.6) is 0 Å². The van der Waals surface area contributed by atoms with Crippen LogP contribution in [0.2, 0.25) is 0 Å². The summed E-state index contributed by atoms with van der Waals surface area (Å²) in [5.74, 6) is -0.270. The molecule has 0 aliphatic rings. The molecular formula is C13H12O2S. The molecule has 0 spiro atoms. The summed E-state index contributed by atoms with van der Waals surface area (Å²) in [6, 6.07) is 8.01. The van der Waals surface area contributed by atoms with Gasteiger partial charge in [0.15, 0.2) is 0 Å². The number of ether oxygens (including phenoxy) is 1. The fourth-order valence-electron chi connectivity index (χ4n) is 1.56. The zero-order chi connectivity index (χ0) is 11.5. The van der Waals surface area contributed by atoms with Crippen LogP contribution >= 0.6 is 11.3 Å². The number of methoxy groups -OCH3 is 1. The Balaban J connectivity index is 2.49. The van der Waals surface area contributed by atoms with Crippen molar-refractivity contribution in [2.45, 2.75) is 6.92 Å². The summed E-state index contributed by atoms with van der Waals surface area (Å²) in [5, 5.41) is 1.08. The van der Waals surface area contributed by atoms with Gasteiger partial charge in [-0.3, -0.25) is 0 Å². The molecule has 0 amide bonds. The number of carbonyl (C=O) groups excluding carboxylic acids is 1. The van der Waals surface area contributed by atoms with Gasteiger partial charge in [-0.2, -0.15) is 0 Å². The monoisotopic (exact) mass is 232 g/mol. The highest BCUT2D eigenvalue weighted by atomic mass is 32.1. The van der Waals surface area contributed by atoms with E-state index in [2.05, 4.69) is 6.07 Å². The molecule has 3 heteroatoms. The van der Waals surface area contributed by atoms with Crippen molar-refractivity contribution in [3.8, 4) is 0 Å². The Morgan fingerprint density at radius 1 is 1.38 bits per heavy atom. The average molecular weight is 232 g/mol. The minimum atomic E-state index is -0.270. The van der Waals surface area contributed by atoms with E-state index in [4.69, 9.17) is 4.74 Å². The van der Waals surface area contributed by atoms with Gasteiger partial charge in [0.05, 0.1) is 7.11 Å². The summed E-state index contributed by atoms with van der Waals surface area (Å²) in [6.45, 7) is 1.98. The molecule has 0 saturated carbocycles. The van der Waals surface area contributed by atoms with E-state index in [0.29, 0.717) is 4.88 Å². The van der Waals surface area contributed by atoms with Crippen LogP contribution in [-0.2, 0) is 4.74 Å². The van der Waals surface area contributed by atoms with Gasteiger partial charge in [-0.05, 0) is 36.1 Å². The van der Waals surface area contributed by atoms with Crippen LogP contribution < -0.4 is 0 Å². The van der Waals surface area contributed by atoms with Crippen LogP contribution in [0.15, 0.2) is 30.3 Å². The highest BCUT2D eigenvalue weighted by Crippen LogP contribution is 2.27. The molecular weight excluding hydrogens is 220 g/mol. The van der Waals surface area contributed by atoms with E-state index < -0.39 is 0 Å². The molecule has 2 rings (SSSR count). The number of carbonyl (C=O) groups is 1. The lowest BCUT2D eigenvalue weighted by Gasteiger charge is -1.92. The van der Waals surface area contributed by atoms with E-state index in [1.807, 2.05) is 37.3 Å². The minimum Gasteiger partial charge on any atom is -0.465 e. The van der Waals surface area contributed by atoms with Crippen molar-refractivity contribution in [1.82, 2.24) is 0 Å². The third kappa shape index (κ3) is 1.99. The molecule has 0 aliphatic heterocycles. The number of rotatable bonds is 2. The fraction of sp³-hybridized carbons (Fsp3) is 0.154. The lowest BCUT2D eigenvalue weighted by atomic mass is 10.1. The normalized spacial score (nSPS) is 11.1. The largest absolute Gasteiger partial charge is 0.465 e. The van der Waals surface area contributed by atoms with Crippen molar-refractivity contribution in [2.75, 3.05) is 7.11 Å². The van der Waals surface area contributed by atoms with Crippen LogP contribution in [0, 0.1) is 0 Å². The van der Waals surface area contributed by atoms with E-state index in [1.165, 1.54) is 18.4 Å². The summed E-state index contributed by atoms with van der Waals surface area (Å²) < 4.78 is 5.81. The second-order valence-corrected chi connectivity index (χ2v) is 4.48. The SMILES string of the molecule is C/C=C/c1ccc2sc(C(=O)OC)cc2c1. The Morgan fingerprint density at radius 3 is 2.88 bits per heavy atom. The molecule has 1 aromatic carbocycles. The van der Waals surface area contributed by atoms with Gasteiger partial charge in [-0.1, -0.05) is 18.2 Å². The van der Waals surface area contributed by atoms with Crippen LogP contribution in [0.25, 0.3) is 16.2 Å². The molecule has 1 heterocycles. The van der Waals surface area contributed by atoms with E-state index in [0.717, 1.165) is 15.6 Å². The van der Waals surface area contributed by atoms with Crippen LogP contribution in [-0.4, -0.2) is 13.1 Å². The maximum absolute atomic E-state index is 11.4. The molecule has 0 saturated heterocycles. The molecule has 2 aromatic rings. The Hall–Kier alpha value is -1.61. The number of fused-ring (bicyclic) bond motifs is 1. The molecule has 82 valence electrons. The van der Waals surface area contributed by atoms with Crippen molar-refractivity contribution in [1.29, 1.82) is 0 Å². The van der Waals surface area contributed by atoms with Crippen LogP contribution in [0.4, 0.5) is 0 Å². The Labute approximate surface area is 98.2 Å². The number of hydrogen-bond donors (Lipinski definition) is 0. The molecule has 0 atom stereocenters. The van der Waals surface area contributed by atoms with Gasteiger partial charge < -0.3 is 4.74 Å². The van der Waals surface area contributed by atoms with E-state index in [1.54, 1.807) is 0 Å². The van der Waals surface area contributed by atoms with Gasteiger partial charge in [-0.25, -0.2) is 4.79 Å². The zero-order valence-electron chi connectivity index (χ0n) is 9.19. The standard InChI is InChI=1S/C13H12O2S/c1-3-4-9-5-6-11-10(7-9)8-12(16-11)13(14)15-2/h3-8H,1-2H3/b4-3+. The lowest BCUT2D eigenvalue weighted by Crippen LogP contribution is -1.96. The fourth-order valence-corrected chi connectivity index (χ4v) is 2.52. The van der Waals surface area contributed by atoms with Gasteiger partial charge in [0, 0.05) is 4.70 Å². The molecule has 2 nitrogen and oxygen atoms in total. The van der Waals surface area contributed by atoms with E-state index >= 15 is 0 Å². The molecule has 0 unspecified atom stereocenters. The number of thiophene rings is 1. The molecule has 0 radical (unpaired) electrons. The molecule has 0 fully saturated rings. The smallest absolute Gasteiger partial charge is 0.348 e. The number of hydrogen-bond acceptors (Lipinski definition) is 3. The quantitative estimate of drug-likeness (QED) is 0.738. The summed E-state index contributed by atoms with van der Waals surface area (Å²) >= 11 is 1.46. The topological polar surface area (TPSA) is 26.3 Å². The first-order valence-corrected chi connectivity index (χ1v) is 5.81. The van der Waals surface area contributed by atoms with Crippen molar-refractivity contribution in [2.24, 2.45) is 0 Å². The van der Waals surface area contributed by atoms with E-state index in [-0.39, 0.29) is 5.97 Å². The van der Waals surface area contributed by atoms with Gasteiger partial charge >= 0.3 is 5.97 Å². The van der Waals surface area contributed by atoms with Gasteiger partial charge in [-0.15, -0.1) is 11.3 Å². The predicted octanol–water partition coefficient (Wildman–Crippen LogP) is 3.72. The maximum Gasteiger partial charge on any atom is 0.348 e. The Kier molecular flexibility index (Phi) is 3.06. The van der Waals surface area contributed by atoms with Crippen molar-refractivity contribution in [3.63, 3.8) is 0 Å². The molecule has 0 aliphatic carbocycles.